The highest BCUT2D eigenvalue weighted by atomic mass is 35.5. The molecule has 130 valence electrons. The summed E-state index contributed by atoms with van der Waals surface area (Å²) in [6.07, 6.45) is 0. The molecule has 26 heavy (non-hydrogen) atoms. The van der Waals surface area contributed by atoms with Gasteiger partial charge in [-0.1, -0.05) is 41.4 Å². The molecule has 4 nitrogen and oxygen atoms in total. The maximum atomic E-state index is 6.24. The largest absolute Gasteiger partial charge is 0.364 e. The first-order valence-electron chi connectivity index (χ1n) is 7.94. The molecule has 4 aromatic rings. The highest BCUT2D eigenvalue weighted by Gasteiger charge is 2.10. The number of nitrogens with zero attached hydrogens (tertiary/aromatic N) is 2. The van der Waals surface area contributed by atoms with Gasteiger partial charge in [-0.15, -0.1) is 11.3 Å². The van der Waals surface area contributed by atoms with E-state index in [0.717, 1.165) is 16.7 Å². The SMILES string of the molecule is Clc1ccc(Cl)c(Nc2nc(NCc3cccs3)c3ccccc3n2)c1. The molecule has 0 unspecified atom stereocenters. The fourth-order valence-electron chi connectivity index (χ4n) is 2.56. The first kappa shape index (κ1) is 17.1. The van der Waals surface area contributed by atoms with E-state index in [0.29, 0.717) is 28.2 Å². The van der Waals surface area contributed by atoms with Crippen LogP contribution in [0.3, 0.4) is 0 Å². The van der Waals surface area contributed by atoms with Crippen LogP contribution in [-0.4, -0.2) is 9.97 Å². The van der Waals surface area contributed by atoms with Crippen molar-refractivity contribution in [2.45, 2.75) is 6.54 Å². The Balaban J connectivity index is 1.69. The third-order valence-electron chi connectivity index (χ3n) is 3.79. The van der Waals surface area contributed by atoms with E-state index in [1.807, 2.05) is 30.3 Å². The van der Waals surface area contributed by atoms with Crippen molar-refractivity contribution in [3.63, 3.8) is 0 Å². The number of fused-ring (bicyclic) bond motifs is 1. The van der Waals surface area contributed by atoms with Crippen molar-refractivity contribution in [3.8, 4) is 0 Å². The van der Waals surface area contributed by atoms with Crippen LogP contribution in [0.15, 0.2) is 60.0 Å². The topological polar surface area (TPSA) is 49.8 Å². The average Bonchev–Trinajstić information content (AvgIpc) is 3.16. The minimum absolute atomic E-state index is 0.460. The standard InChI is InChI=1S/C19H14Cl2N4S/c20-12-7-8-15(21)17(10-12)24-19-23-16-6-2-1-5-14(16)18(25-19)22-11-13-4-3-9-26-13/h1-10H,11H2,(H2,22,23,24,25). The van der Waals surface area contributed by atoms with Gasteiger partial charge in [-0.05, 0) is 41.8 Å². The van der Waals surface area contributed by atoms with Crippen molar-refractivity contribution in [1.82, 2.24) is 9.97 Å². The Morgan fingerprint density at radius 3 is 2.69 bits per heavy atom. The van der Waals surface area contributed by atoms with Crippen molar-refractivity contribution in [2.24, 2.45) is 0 Å². The molecule has 0 spiro atoms. The lowest BCUT2D eigenvalue weighted by Crippen LogP contribution is -2.05. The number of aromatic nitrogens is 2. The zero-order valence-corrected chi connectivity index (χ0v) is 15.9. The molecule has 0 bridgehead atoms. The van der Waals surface area contributed by atoms with Gasteiger partial charge in [0.25, 0.3) is 0 Å². The van der Waals surface area contributed by atoms with Crippen LogP contribution >= 0.6 is 34.5 Å². The van der Waals surface area contributed by atoms with Crippen LogP contribution in [0.25, 0.3) is 10.9 Å². The summed E-state index contributed by atoms with van der Waals surface area (Å²) in [5.41, 5.74) is 1.51. The molecule has 0 aliphatic heterocycles. The van der Waals surface area contributed by atoms with Gasteiger partial charge < -0.3 is 10.6 Å². The van der Waals surface area contributed by atoms with E-state index in [9.17, 15) is 0 Å². The number of nitrogens with one attached hydrogen (secondary N) is 2. The van der Waals surface area contributed by atoms with Crippen molar-refractivity contribution in [1.29, 1.82) is 0 Å². The van der Waals surface area contributed by atoms with Gasteiger partial charge in [0.15, 0.2) is 0 Å². The number of benzene rings is 2. The molecule has 0 aliphatic rings. The summed E-state index contributed by atoms with van der Waals surface area (Å²) >= 11 is 14.0. The van der Waals surface area contributed by atoms with Gasteiger partial charge >= 0.3 is 0 Å². The maximum absolute atomic E-state index is 6.24. The molecule has 0 amide bonds. The molecule has 0 saturated heterocycles. The predicted octanol–water partition coefficient (Wildman–Crippen LogP) is 6.35. The summed E-state index contributed by atoms with van der Waals surface area (Å²) in [6, 6.07) is 17.2. The molecule has 0 atom stereocenters. The van der Waals surface area contributed by atoms with Crippen molar-refractivity contribution < 1.29 is 0 Å². The summed E-state index contributed by atoms with van der Waals surface area (Å²) in [5.74, 6) is 1.23. The zero-order valence-electron chi connectivity index (χ0n) is 13.5. The molecule has 7 heteroatoms. The number of para-hydroxylation sites is 1. The summed E-state index contributed by atoms with van der Waals surface area (Å²) in [5, 5.41) is 10.7. The van der Waals surface area contributed by atoms with Crippen LogP contribution in [0, 0.1) is 0 Å². The van der Waals surface area contributed by atoms with Crippen LogP contribution in [0.4, 0.5) is 17.5 Å². The molecule has 2 heterocycles. The second-order valence-corrected chi connectivity index (χ2v) is 7.47. The Morgan fingerprint density at radius 1 is 0.962 bits per heavy atom. The third kappa shape index (κ3) is 3.75. The fraction of sp³-hybridized carbons (Fsp3) is 0.0526. The van der Waals surface area contributed by atoms with E-state index in [-0.39, 0.29) is 0 Å². The normalized spacial score (nSPS) is 10.8. The second kappa shape index (κ2) is 7.50. The fourth-order valence-corrected chi connectivity index (χ4v) is 3.55. The van der Waals surface area contributed by atoms with Crippen LogP contribution in [0.5, 0.6) is 0 Å². The first-order valence-corrected chi connectivity index (χ1v) is 9.58. The highest BCUT2D eigenvalue weighted by Crippen LogP contribution is 2.29. The van der Waals surface area contributed by atoms with E-state index in [1.54, 1.807) is 29.5 Å². The van der Waals surface area contributed by atoms with Crippen LogP contribution < -0.4 is 10.6 Å². The Kier molecular flexibility index (Phi) is 4.93. The molecule has 2 aromatic heterocycles. The number of anilines is 3. The molecule has 0 radical (unpaired) electrons. The van der Waals surface area contributed by atoms with E-state index < -0.39 is 0 Å². The summed E-state index contributed by atoms with van der Waals surface area (Å²) < 4.78 is 0. The van der Waals surface area contributed by atoms with Gasteiger partial charge in [-0.3, -0.25) is 0 Å². The Labute approximate surface area is 164 Å². The van der Waals surface area contributed by atoms with Crippen molar-refractivity contribution in [2.75, 3.05) is 10.6 Å². The minimum Gasteiger partial charge on any atom is -0.364 e. The summed E-state index contributed by atoms with van der Waals surface area (Å²) in [7, 11) is 0. The van der Waals surface area contributed by atoms with Crippen molar-refractivity contribution >= 4 is 62.9 Å². The number of hydrogen-bond donors (Lipinski definition) is 2. The van der Waals surface area contributed by atoms with Gasteiger partial charge in [0.1, 0.15) is 5.82 Å². The van der Waals surface area contributed by atoms with E-state index in [4.69, 9.17) is 23.2 Å². The molecule has 0 fully saturated rings. The van der Waals surface area contributed by atoms with Gasteiger partial charge in [-0.2, -0.15) is 4.98 Å². The molecular formula is C19H14Cl2N4S. The van der Waals surface area contributed by atoms with E-state index >= 15 is 0 Å². The molecule has 0 aliphatic carbocycles. The maximum Gasteiger partial charge on any atom is 0.229 e. The second-order valence-electron chi connectivity index (χ2n) is 5.60. The molecule has 4 rings (SSSR count). The smallest absolute Gasteiger partial charge is 0.229 e. The predicted molar refractivity (Wildman–Crippen MR) is 111 cm³/mol. The Hall–Kier alpha value is -2.34. The number of rotatable bonds is 5. The Bertz CT molecular complexity index is 1050. The van der Waals surface area contributed by atoms with Crippen LogP contribution in [0.1, 0.15) is 4.88 Å². The minimum atomic E-state index is 0.460. The molecular weight excluding hydrogens is 387 g/mol. The first-order chi connectivity index (χ1) is 12.7. The lowest BCUT2D eigenvalue weighted by Gasteiger charge is -2.12. The van der Waals surface area contributed by atoms with Crippen molar-refractivity contribution in [3.05, 3.63) is 74.9 Å². The highest BCUT2D eigenvalue weighted by molar-refractivity contribution is 7.09. The lowest BCUT2D eigenvalue weighted by molar-refractivity contribution is 1.13. The van der Waals surface area contributed by atoms with Gasteiger partial charge in [-0.25, -0.2) is 4.98 Å². The number of halogens is 2. The summed E-state index contributed by atoms with van der Waals surface area (Å²) in [4.78, 5) is 10.5. The van der Waals surface area contributed by atoms with Crippen LogP contribution in [0.2, 0.25) is 10.0 Å². The van der Waals surface area contributed by atoms with Gasteiger partial charge in [0.05, 0.1) is 22.8 Å². The molecule has 2 aromatic carbocycles. The molecule has 2 N–H and O–H groups in total. The average molecular weight is 401 g/mol. The van der Waals surface area contributed by atoms with E-state index in [2.05, 4.69) is 32.0 Å². The number of thiophene rings is 1. The summed E-state index contributed by atoms with van der Waals surface area (Å²) in [6.45, 7) is 0.704. The van der Waals surface area contributed by atoms with Crippen LogP contribution in [-0.2, 0) is 6.54 Å². The number of hydrogen-bond acceptors (Lipinski definition) is 5. The molecule has 0 saturated carbocycles. The zero-order chi connectivity index (χ0) is 17.9. The monoisotopic (exact) mass is 400 g/mol. The third-order valence-corrected chi connectivity index (χ3v) is 5.23. The Morgan fingerprint density at radius 2 is 1.85 bits per heavy atom. The lowest BCUT2D eigenvalue weighted by atomic mass is 10.2. The van der Waals surface area contributed by atoms with E-state index in [1.165, 1.54) is 4.88 Å². The quantitative estimate of drug-likeness (QED) is 0.409. The van der Waals surface area contributed by atoms with Gasteiger partial charge in [0, 0.05) is 15.3 Å². The van der Waals surface area contributed by atoms with Gasteiger partial charge in [0.2, 0.25) is 5.95 Å².